The van der Waals surface area contributed by atoms with Crippen LogP contribution in [0, 0.1) is 0 Å². The van der Waals surface area contributed by atoms with E-state index in [-0.39, 0.29) is 20.9 Å². The van der Waals surface area contributed by atoms with Gasteiger partial charge in [-0.1, -0.05) is 46.4 Å². The van der Waals surface area contributed by atoms with Crippen LogP contribution >= 0.6 is 46.4 Å². The highest BCUT2D eigenvalue weighted by molar-refractivity contribution is 6.35. The van der Waals surface area contributed by atoms with Crippen molar-refractivity contribution in [3.05, 3.63) is 56.0 Å². The number of nitrogens with zero attached hydrogens (tertiary/aromatic N) is 2. The molecule has 2 aromatic heterocycles. The lowest BCUT2D eigenvalue weighted by atomic mass is 10.3. The number of hydrogen-bond donors (Lipinski definition) is 0. The van der Waals surface area contributed by atoms with Crippen molar-refractivity contribution in [1.29, 1.82) is 0 Å². The smallest absolute Gasteiger partial charge is 0.266 e. The van der Waals surface area contributed by atoms with E-state index in [0.29, 0.717) is 16.9 Å². The highest BCUT2D eigenvalue weighted by Crippen LogP contribution is 2.27. The van der Waals surface area contributed by atoms with Gasteiger partial charge in [-0.05, 0) is 12.1 Å². The van der Waals surface area contributed by atoms with E-state index in [1.54, 1.807) is 0 Å². The number of carbonyl (C=O) groups is 1. The molecular formula is C12H6Cl4F2N2O. The van der Waals surface area contributed by atoms with Crippen molar-refractivity contribution in [2.75, 3.05) is 0 Å². The summed E-state index contributed by atoms with van der Waals surface area (Å²) in [5, 5.41) is 0.671. The minimum Gasteiger partial charge on any atom is -0.298 e. The largest absolute Gasteiger partial charge is 0.298 e. The quantitative estimate of drug-likeness (QED) is 0.513. The molecule has 0 radical (unpaired) electrons. The van der Waals surface area contributed by atoms with Gasteiger partial charge >= 0.3 is 0 Å². The number of carbonyl (C=O) groups excluding carboxylic acids is 1. The fourth-order valence-corrected chi connectivity index (χ4v) is 1.94. The highest BCUT2D eigenvalue weighted by atomic mass is 35.5. The molecule has 2 rings (SSSR count). The number of alkyl halides is 2. The third-order valence-corrected chi connectivity index (χ3v) is 3.13. The van der Waals surface area contributed by atoms with Gasteiger partial charge in [-0.2, -0.15) is 0 Å². The topological polar surface area (TPSA) is 42.9 Å². The maximum Gasteiger partial charge on any atom is 0.266 e. The van der Waals surface area contributed by atoms with Gasteiger partial charge in [-0.25, -0.2) is 18.7 Å². The first-order valence-corrected chi connectivity index (χ1v) is 6.71. The van der Waals surface area contributed by atoms with Crippen molar-refractivity contribution in [1.82, 2.24) is 9.97 Å². The van der Waals surface area contributed by atoms with Crippen LogP contribution in [0.3, 0.4) is 0 Å². The zero-order valence-corrected chi connectivity index (χ0v) is 13.1. The maximum atomic E-state index is 12.0. The lowest BCUT2D eigenvalue weighted by Gasteiger charge is -2.00. The van der Waals surface area contributed by atoms with Gasteiger partial charge in [0.1, 0.15) is 10.3 Å². The Labute approximate surface area is 138 Å². The molecule has 0 atom stereocenters. The third-order valence-electron chi connectivity index (χ3n) is 2.06. The van der Waals surface area contributed by atoms with Crippen LogP contribution in [0.5, 0.6) is 0 Å². The molecular weight excluding hydrogens is 368 g/mol. The van der Waals surface area contributed by atoms with Crippen molar-refractivity contribution in [3.8, 4) is 0 Å². The Morgan fingerprint density at radius 3 is 1.90 bits per heavy atom. The molecule has 0 aliphatic heterocycles. The Morgan fingerprint density at radius 1 is 0.952 bits per heavy atom. The first-order chi connectivity index (χ1) is 9.85. The lowest BCUT2D eigenvalue weighted by molar-refractivity contribution is 0.112. The summed E-state index contributed by atoms with van der Waals surface area (Å²) in [6, 6.07) is 2.61. The third kappa shape index (κ3) is 5.71. The summed E-state index contributed by atoms with van der Waals surface area (Å²) in [7, 11) is 0. The van der Waals surface area contributed by atoms with Crippen LogP contribution in [-0.4, -0.2) is 16.3 Å². The molecule has 0 fully saturated rings. The molecule has 0 N–H and O–H groups in total. The summed E-state index contributed by atoms with van der Waals surface area (Å²) in [5.41, 5.74) is 0.0575. The zero-order valence-electron chi connectivity index (χ0n) is 10.0. The van der Waals surface area contributed by atoms with E-state index in [4.69, 9.17) is 46.4 Å². The summed E-state index contributed by atoms with van der Waals surface area (Å²) in [6.07, 6.45) is 0.325. The Hall–Kier alpha value is -1.01. The van der Waals surface area contributed by atoms with Gasteiger partial charge in [0.15, 0.2) is 6.29 Å². The van der Waals surface area contributed by atoms with E-state index in [0.717, 1.165) is 6.20 Å². The maximum absolute atomic E-state index is 12.0. The minimum absolute atomic E-state index is 0.0556. The van der Waals surface area contributed by atoms with Crippen LogP contribution in [0.25, 0.3) is 0 Å². The van der Waals surface area contributed by atoms with Gasteiger partial charge in [0.05, 0.1) is 21.2 Å². The average Bonchev–Trinajstić information content (AvgIpc) is 2.39. The van der Waals surface area contributed by atoms with Crippen LogP contribution in [-0.2, 0) is 0 Å². The first-order valence-electron chi connectivity index (χ1n) is 5.20. The molecule has 3 nitrogen and oxygen atoms in total. The van der Waals surface area contributed by atoms with Gasteiger partial charge in [-0.15, -0.1) is 0 Å². The Balaban J connectivity index is 0.000000211. The molecule has 0 aliphatic rings. The molecule has 9 heteroatoms. The Kier molecular flexibility index (Phi) is 7.25. The molecule has 0 spiro atoms. The second-order valence-electron chi connectivity index (χ2n) is 3.48. The summed E-state index contributed by atoms with van der Waals surface area (Å²) in [4.78, 5) is 17.3. The van der Waals surface area contributed by atoms with Crippen LogP contribution in [0.15, 0.2) is 24.5 Å². The van der Waals surface area contributed by atoms with E-state index in [2.05, 4.69) is 9.97 Å². The van der Waals surface area contributed by atoms with Gasteiger partial charge in [-0.3, -0.25) is 4.79 Å². The second kappa shape index (κ2) is 8.44. The molecule has 112 valence electrons. The van der Waals surface area contributed by atoms with Crippen molar-refractivity contribution in [2.45, 2.75) is 6.43 Å². The Bertz CT molecular complexity index is 641. The summed E-state index contributed by atoms with van der Waals surface area (Å²) >= 11 is 21.8. The van der Waals surface area contributed by atoms with Crippen molar-refractivity contribution >= 4 is 52.7 Å². The fraction of sp³-hybridized carbons (Fsp3) is 0.0833. The molecule has 21 heavy (non-hydrogen) atoms. The molecule has 0 unspecified atom stereocenters. The van der Waals surface area contributed by atoms with Crippen LogP contribution in [0.2, 0.25) is 20.4 Å². The first kappa shape index (κ1) is 18.0. The SMILES string of the molecule is FC(F)c1cnc(Cl)cc1Cl.O=Cc1cnc(Cl)cc1Cl. The molecule has 2 aromatic rings. The predicted molar refractivity (Wildman–Crippen MR) is 78.9 cm³/mol. The number of aromatic nitrogens is 2. The van der Waals surface area contributed by atoms with Crippen molar-refractivity contribution < 1.29 is 13.6 Å². The number of hydrogen-bond acceptors (Lipinski definition) is 3. The van der Waals surface area contributed by atoms with Crippen molar-refractivity contribution in [2.24, 2.45) is 0 Å². The normalized spacial score (nSPS) is 10.0. The molecule has 0 aliphatic carbocycles. The summed E-state index contributed by atoms with van der Waals surface area (Å²) < 4.78 is 24.0. The van der Waals surface area contributed by atoms with Gasteiger partial charge in [0.2, 0.25) is 0 Å². The monoisotopic (exact) mass is 372 g/mol. The van der Waals surface area contributed by atoms with Crippen LogP contribution in [0.4, 0.5) is 8.78 Å². The summed E-state index contributed by atoms with van der Waals surface area (Å²) in [5.74, 6) is 0. The number of halogens is 6. The van der Waals surface area contributed by atoms with Crippen LogP contribution in [0.1, 0.15) is 22.3 Å². The van der Waals surface area contributed by atoms with E-state index in [1.165, 1.54) is 18.3 Å². The van der Waals surface area contributed by atoms with E-state index < -0.39 is 6.43 Å². The zero-order chi connectivity index (χ0) is 16.0. The fourth-order valence-electron chi connectivity index (χ4n) is 1.08. The van der Waals surface area contributed by atoms with Crippen LogP contribution < -0.4 is 0 Å². The average molecular weight is 374 g/mol. The predicted octanol–water partition coefficient (Wildman–Crippen LogP) is 5.53. The minimum atomic E-state index is -2.60. The van der Waals surface area contributed by atoms with E-state index >= 15 is 0 Å². The molecule has 2 heterocycles. The molecule has 0 saturated heterocycles. The van der Waals surface area contributed by atoms with Gasteiger partial charge in [0.25, 0.3) is 6.43 Å². The summed E-state index contributed by atoms with van der Waals surface area (Å²) in [6.45, 7) is 0. The molecule has 0 saturated carbocycles. The number of aldehydes is 1. The second-order valence-corrected chi connectivity index (χ2v) is 5.06. The van der Waals surface area contributed by atoms with Gasteiger partial charge < -0.3 is 0 Å². The number of rotatable bonds is 2. The standard InChI is InChI=1S/C6H3Cl2F2N.C6H3Cl2NO/c7-4-1-5(8)11-2-3(4)6(9)10;7-5-1-6(8)9-2-4(5)3-10/h1-2,6H;1-3H. The van der Waals surface area contributed by atoms with Crippen molar-refractivity contribution in [3.63, 3.8) is 0 Å². The highest BCUT2D eigenvalue weighted by Gasteiger charge is 2.11. The van der Waals surface area contributed by atoms with E-state index in [1.807, 2.05) is 0 Å². The molecule has 0 amide bonds. The van der Waals surface area contributed by atoms with E-state index in [9.17, 15) is 13.6 Å². The van der Waals surface area contributed by atoms with Gasteiger partial charge in [0, 0.05) is 12.4 Å². The number of pyridine rings is 2. The lowest BCUT2D eigenvalue weighted by Crippen LogP contribution is -1.87. The molecule has 0 aromatic carbocycles. The Morgan fingerprint density at radius 2 is 1.48 bits per heavy atom. The molecule has 0 bridgehead atoms.